The average Bonchev–Trinajstić information content (AvgIpc) is 3.15. The minimum absolute atomic E-state index is 0.116. The number of fused-ring (bicyclic) bond motifs is 1. The molecule has 2 aromatic carbocycles. The van der Waals surface area contributed by atoms with Crippen LogP contribution in [0.3, 0.4) is 0 Å². The number of rotatable bonds is 3. The van der Waals surface area contributed by atoms with E-state index in [9.17, 15) is 4.39 Å². The van der Waals surface area contributed by atoms with E-state index in [1.165, 1.54) is 17.7 Å². The summed E-state index contributed by atoms with van der Waals surface area (Å²) in [5.74, 6) is -0.294. The molecule has 1 fully saturated rings. The Morgan fingerprint density at radius 2 is 1.85 bits per heavy atom. The second kappa shape index (κ2) is 8.36. The lowest BCUT2D eigenvalue weighted by Crippen LogP contribution is -2.42. The molecule has 0 amide bonds. The fourth-order valence-electron chi connectivity index (χ4n) is 4.97. The SMILES string of the molecule is CC1=CC(C)(C)N(C)c2cc(Cl)c([C@H]3[C@@H](c4ccccn4)NC(=S)N3c3ccc(F)cc3)cc21. The van der Waals surface area contributed by atoms with Crippen LogP contribution in [0.1, 0.15) is 49.7 Å². The molecule has 174 valence electrons. The summed E-state index contributed by atoms with van der Waals surface area (Å²) in [6, 6.07) is 15.9. The number of nitrogens with one attached hydrogen (secondary N) is 1. The highest BCUT2D eigenvalue weighted by atomic mass is 35.5. The van der Waals surface area contributed by atoms with Gasteiger partial charge in [-0.15, -0.1) is 0 Å². The summed E-state index contributed by atoms with van der Waals surface area (Å²) >= 11 is 12.8. The molecule has 0 radical (unpaired) electrons. The second-order valence-corrected chi connectivity index (χ2v) is 10.2. The lowest BCUT2D eigenvalue weighted by molar-refractivity contribution is 0.566. The molecule has 3 aromatic rings. The molecular formula is C27H26ClFN4S. The van der Waals surface area contributed by atoms with Gasteiger partial charge in [0.25, 0.3) is 0 Å². The Bertz CT molecular complexity index is 1290. The molecule has 34 heavy (non-hydrogen) atoms. The summed E-state index contributed by atoms with van der Waals surface area (Å²) in [4.78, 5) is 8.86. The number of thiocarbonyl (C=S) groups is 1. The van der Waals surface area contributed by atoms with Crippen LogP contribution < -0.4 is 15.1 Å². The van der Waals surface area contributed by atoms with Crippen molar-refractivity contribution in [3.05, 3.63) is 94.5 Å². The maximum atomic E-state index is 13.7. The van der Waals surface area contributed by atoms with Gasteiger partial charge in [-0.2, -0.15) is 0 Å². The van der Waals surface area contributed by atoms with Gasteiger partial charge in [0.05, 0.1) is 23.3 Å². The molecule has 1 aromatic heterocycles. The third-order valence-electron chi connectivity index (χ3n) is 6.86. The lowest BCUT2D eigenvalue weighted by Gasteiger charge is -2.41. The van der Waals surface area contributed by atoms with Crippen molar-refractivity contribution in [1.29, 1.82) is 0 Å². The van der Waals surface area contributed by atoms with Gasteiger partial charge in [0.2, 0.25) is 0 Å². The highest BCUT2D eigenvalue weighted by Crippen LogP contribution is 2.47. The van der Waals surface area contributed by atoms with Crippen LogP contribution in [-0.2, 0) is 0 Å². The fraction of sp³-hybridized carbons (Fsp3) is 0.259. The van der Waals surface area contributed by atoms with Gasteiger partial charge in [-0.05, 0) is 92.7 Å². The molecule has 0 spiro atoms. The van der Waals surface area contributed by atoms with Crippen LogP contribution in [0.4, 0.5) is 15.8 Å². The van der Waals surface area contributed by atoms with E-state index >= 15 is 0 Å². The summed E-state index contributed by atoms with van der Waals surface area (Å²) in [5.41, 5.74) is 5.91. The average molecular weight is 493 g/mol. The molecule has 0 saturated carbocycles. The summed E-state index contributed by atoms with van der Waals surface area (Å²) < 4.78 is 13.7. The maximum Gasteiger partial charge on any atom is 0.174 e. The van der Waals surface area contributed by atoms with Crippen LogP contribution in [0.25, 0.3) is 5.57 Å². The van der Waals surface area contributed by atoms with E-state index in [0.717, 1.165) is 28.2 Å². The first-order chi connectivity index (χ1) is 16.2. The molecule has 2 aliphatic rings. The van der Waals surface area contributed by atoms with Gasteiger partial charge in [0.1, 0.15) is 5.82 Å². The van der Waals surface area contributed by atoms with Crippen molar-refractivity contribution >= 4 is 45.9 Å². The standard InChI is InChI=1S/C27H26ClFN4S/c1-16-15-27(2,3)32(4)23-14-21(28)20(13-19(16)23)25-24(22-7-5-6-12-30-22)31-26(34)33(25)18-10-8-17(29)9-11-18/h5-15,24-25H,1-4H3,(H,31,34)/t24-,25+/m1/s1. The van der Waals surface area contributed by atoms with E-state index in [0.29, 0.717) is 10.1 Å². The minimum atomic E-state index is -0.294. The Hall–Kier alpha value is -2.96. The van der Waals surface area contributed by atoms with Gasteiger partial charge >= 0.3 is 0 Å². The number of nitrogens with zero attached hydrogens (tertiary/aromatic N) is 3. The van der Waals surface area contributed by atoms with Crippen LogP contribution in [-0.4, -0.2) is 22.7 Å². The fourth-order valence-corrected chi connectivity index (χ4v) is 5.58. The van der Waals surface area contributed by atoms with E-state index in [1.54, 1.807) is 18.3 Å². The smallest absolute Gasteiger partial charge is 0.174 e. The monoisotopic (exact) mass is 492 g/mol. The largest absolute Gasteiger partial charge is 0.365 e. The van der Waals surface area contributed by atoms with Gasteiger partial charge < -0.3 is 15.1 Å². The Morgan fingerprint density at radius 3 is 2.53 bits per heavy atom. The maximum absolute atomic E-state index is 13.7. The van der Waals surface area contributed by atoms with E-state index in [2.05, 4.69) is 55.2 Å². The molecule has 2 atom stereocenters. The van der Waals surface area contributed by atoms with Gasteiger partial charge in [0.15, 0.2) is 5.11 Å². The Morgan fingerprint density at radius 1 is 1.12 bits per heavy atom. The predicted molar refractivity (Wildman–Crippen MR) is 142 cm³/mol. The molecule has 1 saturated heterocycles. The molecule has 7 heteroatoms. The third kappa shape index (κ3) is 3.75. The van der Waals surface area contributed by atoms with Crippen LogP contribution in [0.2, 0.25) is 5.02 Å². The number of halogens is 2. The zero-order valence-corrected chi connectivity index (χ0v) is 21.1. The molecule has 0 bridgehead atoms. The number of hydrogen-bond acceptors (Lipinski definition) is 3. The van der Waals surface area contributed by atoms with Crippen molar-refractivity contribution in [2.75, 3.05) is 16.8 Å². The Kier molecular flexibility index (Phi) is 5.61. The van der Waals surface area contributed by atoms with Crippen LogP contribution >= 0.6 is 23.8 Å². The number of anilines is 2. The van der Waals surface area contributed by atoms with Crippen molar-refractivity contribution in [2.24, 2.45) is 0 Å². The zero-order valence-electron chi connectivity index (χ0n) is 19.5. The van der Waals surface area contributed by atoms with Crippen molar-refractivity contribution in [3.8, 4) is 0 Å². The molecule has 0 aliphatic carbocycles. The van der Waals surface area contributed by atoms with E-state index in [4.69, 9.17) is 23.8 Å². The van der Waals surface area contributed by atoms with Crippen molar-refractivity contribution in [1.82, 2.24) is 10.3 Å². The third-order valence-corrected chi connectivity index (χ3v) is 7.50. The summed E-state index contributed by atoms with van der Waals surface area (Å²) in [7, 11) is 2.09. The molecule has 4 nitrogen and oxygen atoms in total. The Labute approximate surface area is 210 Å². The van der Waals surface area contributed by atoms with Crippen LogP contribution in [0.5, 0.6) is 0 Å². The molecule has 0 unspecified atom stereocenters. The second-order valence-electron chi connectivity index (χ2n) is 9.40. The quantitative estimate of drug-likeness (QED) is 0.412. The van der Waals surface area contributed by atoms with Crippen LogP contribution in [0.15, 0.2) is 66.9 Å². The first-order valence-corrected chi connectivity index (χ1v) is 12.0. The minimum Gasteiger partial charge on any atom is -0.365 e. The summed E-state index contributed by atoms with van der Waals surface area (Å²) in [6.45, 7) is 6.51. The zero-order chi connectivity index (χ0) is 24.2. The van der Waals surface area contributed by atoms with E-state index in [1.807, 2.05) is 29.2 Å². The van der Waals surface area contributed by atoms with Gasteiger partial charge in [-0.1, -0.05) is 23.7 Å². The molecular weight excluding hydrogens is 467 g/mol. The van der Waals surface area contributed by atoms with Gasteiger partial charge in [0, 0.05) is 35.2 Å². The topological polar surface area (TPSA) is 31.4 Å². The number of likely N-dealkylation sites (N-methyl/N-ethyl adjacent to an activating group) is 1. The highest BCUT2D eigenvalue weighted by molar-refractivity contribution is 7.80. The van der Waals surface area contributed by atoms with Crippen LogP contribution in [0, 0.1) is 5.82 Å². The first-order valence-electron chi connectivity index (χ1n) is 11.2. The van der Waals surface area contributed by atoms with Crippen molar-refractivity contribution in [3.63, 3.8) is 0 Å². The number of allylic oxidation sites excluding steroid dienone is 1. The predicted octanol–water partition coefficient (Wildman–Crippen LogP) is 6.68. The van der Waals surface area contributed by atoms with E-state index < -0.39 is 0 Å². The van der Waals surface area contributed by atoms with Gasteiger partial charge in [-0.3, -0.25) is 4.98 Å². The Balaban J connectivity index is 1.70. The molecule has 1 N–H and O–H groups in total. The summed E-state index contributed by atoms with van der Waals surface area (Å²) in [6.07, 6.45) is 4.05. The number of pyridine rings is 1. The molecule has 3 heterocycles. The molecule has 5 rings (SSSR count). The summed E-state index contributed by atoms with van der Waals surface area (Å²) in [5, 5.41) is 4.64. The number of hydrogen-bond donors (Lipinski definition) is 1. The molecule has 2 aliphatic heterocycles. The van der Waals surface area contributed by atoms with Crippen molar-refractivity contribution < 1.29 is 4.39 Å². The van der Waals surface area contributed by atoms with Crippen molar-refractivity contribution in [2.45, 2.75) is 38.4 Å². The first kappa shape index (κ1) is 22.8. The normalized spacial score (nSPS) is 21.2. The lowest BCUT2D eigenvalue weighted by atomic mass is 9.86. The number of aromatic nitrogens is 1. The van der Waals surface area contributed by atoms with Gasteiger partial charge in [-0.25, -0.2) is 4.39 Å². The highest BCUT2D eigenvalue weighted by Gasteiger charge is 2.42. The number of benzene rings is 2. The van der Waals surface area contributed by atoms with E-state index in [-0.39, 0.29) is 23.4 Å².